The van der Waals surface area contributed by atoms with E-state index in [1.165, 1.54) is 6.20 Å². The molecule has 0 aliphatic carbocycles. The van der Waals surface area contributed by atoms with Gasteiger partial charge in [0.25, 0.3) is 5.91 Å². The highest BCUT2D eigenvalue weighted by atomic mass is 16.6. The van der Waals surface area contributed by atoms with Crippen molar-refractivity contribution in [3.05, 3.63) is 66.1 Å². The predicted molar refractivity (Wildman–Crippen MR) is 106 cm³/mol. The number of ether oxygens (including phenoxy) is 1. The number of nitrogens with one attached hydrogen (secondary N) is 1. The van der Waals surface area contributed by atoms with Crippen LogP contribution in [0.25, 0.3) is 5.65 Å². The first-order valence-electron chi connectivity index (χ1n) is 9.73. The summed E-state index contributed by atoms with van der Waals surface area (Å²) >= 11 is 0. The third kappa shape index (κ3) is 4.53. The highest BCUT2D eigenvalue weighted by molar-refractivity contribution is 5.99. The van der Waals surface area contributed by atoms with E-state index < -0.39 is 0 Å². The van der Waals surface area contributed by atoms with Gasteiger partial charge in [-0.15, -0.1) is 0 Å². The maximum atomic E-state index is 12.5. The molecule has 8 nitrogen and oxygen atoms in total. The quantitative estimate of drug-likeness (QED) is 0.720. The van der Waals surface area contributed by atoms with Crippen LogP contribution in [0.1, 0.15) is 28.8 Å². The van der Waals surface area contributed by atoms with Gasteiger partial charge in [-0.1, -0.05) is 30.3 Å². The Labute approximate surface area is 168 Å². The van der Waals surface area contributed by atoms with Crippen molar-refractivity contribution in [1.29, 1.82) is 0 Å². The van der Waals surface area contributed by atoms with Crippen LogP contribution in [0.3, 0.4) is 0 Å². The van der Waals surface area contributed by atoms with Gasteiger partial charge in [-0.2, -0.15) is 5.10 Å². The van der Waals surface area contributed by atoms with Crippen LogP contribution in [0, 0.1) is 5.92 Å². The molecular weight excluding hydrogens is 370 g/mol. The van der Waals surface area contributed by atoms with E-state index in [0.29, 0.717) is 36.8 Å². The first-order chi connectivity index (χ1) is 14.2. The summed E-state index contributed by atoms with van der Waals surface area (Å²) in [5.41, 5.74) is 1.98. The minimum Gasteiger partial charge on any atom is -0.445 e. The monoisotopic (exact) mass is 393 g/mol. The summed E-state index contributed by atoms with van der Waals surface area (Å²) in [4.78, 5) is 30.6. The summed E-state index contributed by atoms with van der Waals surface area (Å²) in [5, 5.41) is 7.11. The maximum absolute atomic E-state index is 12.5. The Morgan fingerprint density at radius 1 is 1.14 bits per heavy atom. The van der Waals surface area contributed by atoms with E-state index in [1.807, 2.05) is 30.3 Å². The number of benzene rings is 1. The molecule has 0 radical (unpaired) electrons. The molecule has 0 spiro atoms. The van der Waals surface area contributed by atoms with Crippen LogP contribution in [-0.4, -0.2) is 51.1 Å². The Hall–Kier alpha value is -3.42. The number of aromatic nitrogens is 3. The fourth-order valence-electron chi connectivity index (χ4n) is 3.45. The smallest absolute Gasteiger partial charge is 0.410 e. The van der Waals surface area contributed by atoms with Crippen molar-refractivity contribution in [1.82, 2.24) is 24.8 Å². The summed E-state index contributed by atoms with van der Waals surface area (Å²) in [7, 11) is 0. The zero-order valence-corrected chi connectivity index (χ0v) is 16.0. The van der Waals surface area contributed by atoms with Gasteiger partial charge >= 0.3 is 6.09 Å². The first-order valence-corrected chi connectivity index (χ1v) is 9.73. The lowest BCUT2D eigenvalue weighted by Crippen LogP contribution is -2.41. The zero-order valence-electron chi connectivity index (χ0n) is 16.0. The molecule has 4 rings (SSSR count). The molecular formula is C21H23N5O3. The molecule has 0 bridgehead atoms. The zero-order chi connectivity index (χ0) is 20.1. The SMILES string of the molecule is O=C(NCC1CCN(C(=O)OCc2ccccc2)CC1)c1cnn2cccnc12. The van der Waals surface area contributed by atoms with E-state index in [4.69, 9.17) is 4.74 Å². The number of carbonyl (C=O) groups is 2. The number of nitrogens with zero attached hydrogens (tertiary/aromatic N) is 4. The van der Waals surface area contributed by atoms with Gasteiger partial charge in [0.1, 0.15) is 12.2 Å². The van der Waals surface area contributed by atoms with E-state index in [1.54, 1.807) is 27.9 Å². The summed E-state index contributed by atoms with van der Waals surface area (Å²) < 4.78 is 6.97. The molecule has 0 unspecified atom stereocenters. The summed E-state index contributed by atoms with van der Waals surface area (Å²) in [6.45, 7) is 2.11. The minimum absolute atomic E-state index is 0.177. The molecule has 2 aromatic heterocycles. The molecule has 8 heteroatoms. The lowest BCUT2D eigenvalue weighted by atomic mass is 9.97. The number of amides is 2. The van der Waals surface area contributed by atoms with Gasteiger partial charge in [0.05, 0.1) is 6.20 Å². The minimum atomic E-state index is -0.284. The number of carbonyl (C=O) groups excluding carboxylic acids is 2. The molecule has 1 fully saturated rings. The van der Waals surface area contributed by atoms with Gasteiger partial charge in [0.2, 0.25) is 0 Å². The maximum Gasteiger partial charge on any atom is 0.410 e. The van der Waals surface area contributed by atoms with Gasteiger partial charge in [-0.05, 0) is 30.4 Å². The van der Waals surface area contributed by atoms with Gasteiger partial charge in [0.15, 0.2) is 5.65 Å². The average Bonchev–Trinajstić information content (AvgIpc) is 3.21. The molecule has 150 valence electrons. The predicted octanol–water partition coefficient (Wildman–Crippen LogP) is 2.51. The third-order valence-corrected chi connectivity index (χ3v) is 5.15. The normalized spacial score (nSPS) is 14.7. The second kappa shape index (κ2) is 8.72. The van der Waals surface area contributed by atoms with Gasteiger partial charge < -0.3 is 15.0 Å². The lowest BCUT2D eigenvalue weighted by molar-refractivity contribution is 0.0801. The Morgan fingerprint density at radius 3 is 2.72 bits per heavy atom. The van der Waals surface area contributed by atoms with Gasteiger partial charge in [0, 0.05) is 32.0 Å². The third-order valence-electron chi connectivity index (χ3n) is 5.15. The van der Waals surface area contributed by atoms with Crippen molar-refractivity contribution >= 4 is 17.6 Å². The largest absolute Gasteiger partial charge is 0.445 e. The van der Waals surface area contributed by atoms with Crippen molar-refractivity contribution < 1.29 is 14.3 Å². The number of likely N-dealkylation sites (tertiary alicyclic amines) is 1. The average molecular weight is 393 g/mol. The summed E-state index contributed by atoms with van der Waals surface area (Å²) in [6.07, 6.45) is 6.30. The van der Waals surface area contributed by atoms with Crippen LogP contribution in [0.15, 0.2) is 55.0 Å². The molecule has 1 saturated heterocycles. The Morgan fingerprint density at radius 2 is 1.93 bits per heavy atom. The fourth-order valence-corrected chi connectivity index (χ4v) is 3.45. The van der Waals surface area contributed by atoms with Crippen LogP contribution in [0.2, 0.25) is 0 Å². The molecule has 3 aromatic rings. The van der Waals surface area contributed by atoms with E-state index in [9.17, 15) is 9.59 Å². The Balaban J connectivity index is 1.21. The van der Waals surface area contributed by atoms with Crippen molar-refractivity contribution in [2.75, 3.05) is 19.6 Å². The van der Waals surface area contributed by atoms with Crippen molar-refractivity contribution in [3.63, 3.8) is 0 Å². The molecule has 29 heavy (non-hydrogen) atoms. The number of hydrogen-bond donors (Lipinski definition) is 1. The van der Waals surface area contributed by atoms with Crippen molar-refractivity contribution in [2.24, 2.45) is 5.92 Å². The standard InChI is InChI=1S/C21H23N5O3/c27-20(18-14-24-26-10-4-9-22-19(18)26)23-13-16-7-11-25(12-8-16)21(28)29-15-17-5-2-1-3-6-17/h1-6,9-10,14,16H,7-8,11-13,15H2,(H,23,27). The highest BCUT2D eigenvalue weighted by Crippen LogP contribution is 2.18. The summed E-state index contributed by atoms with van der Waals surface area (Å²) in [5.74, 6) is 0.148. The van der Waals surface area contributed by atoms with E-state index in [-0.39, 0.29) is 18.6 Å². The Kier molecular flexibility index (Phi) is 5.69. The molecule has 1 aliphatic heterocycles. The fraction of sp³-hybridized carbons (Fsp3) is 0.333. The topological polar surface area (TPSA) is 88.8 Å². The second-order valence-electron chi connectivity index (χ2n) is 7.13. The van der Waals surface area contributed by atoms with Crippen LogP contribution in [0.5, 0.6) is 0 Å². The summed E-state index contributed by atoms with van der Waals surface area (Å²) in [6, 6.07) is 11.4. The molecule has 2 amide bonds. The number of hydrogen-bond acceptors (Lipinski definition) is 5. The molecule has 0 atom stereocenters. The van der Waals surface area contributed by atoms with Crippen LogP contribution in [-0.2, 0) is 11.3 Å². The molecule has 1 N–H and O–H groups in total. The van der Waals surface area contributed by atoms with E-state index >= 15 is 0 Å². The highest BCUT2D eigenvalue weighted by Gasteiger charge is 2.24. The lowest BCUT2D eigenvalue weighted by Gasteiger charge is -2.31. The van der Waals surface area contributed by atoms with Crippen LogP contribution < -0.4 is 5.32 Å². The van der Waals surface area contributed by atoms with Gasteiger partial charge in [-0.25, -0.2) is 14.3 Å². The van der Waals surface area contributed by atoms with Crippen molar-refractivity contribution in [3.8, 4) is 0 Å². The number of fused-ring (bicyclic) bond motifs is 1. The van der Waals surface area contributed by atoms with Crippen LogP contribution in [0.4, 0.5) is 4.79 Å². The Bertz CT molecular complexity index is 980. The van der Waals surface area contributed by atoms with Crippen molar-refractivity contribution in [2.45, 2.75) is 19.4 Å². The van der Waals surface area contributed by atoms with E-state index in [2.05, 4.69) is 15.4 Å². The molecule has 3 heterocycles. The van der Waals surface area contributed by atoms with Gasteiger partial charge in [-0.3, -0.25) is 4.79 Å². The van der Waals surface area contributed by atoms with E-state index in [0.717, 1.165) is 18.4 Å². The molecule has 1 aliphatic rings. The van der Waals surface area contributed by atoms with Crippen LogP contribution >= 0.6 is 0 Å². The molecule has 1 aromatic carbocycles. The number of rotatable bonds is 5. The first kappa shape index (κ1) is 18.9. The molecule has 0 saturated carbocycles. The second-order valence-corrected chi connectivity index (χ2v) is 7.13. The number of piperidine rings is 1.